The van der Waals surface area contributed by atoms with E-state index in [0.717, 1.165) is 6.42 Å². The van der Waals surface area contributed by atoms with Gasteiger partial charge in [-0.2, -0.15) is 14.8 Å². The van der Waals surface area contributed by atoms with Crippen molar-refractivity contribution < 1.29 is 52.4 Å². The molecule has 0 aliphatic carbocycles. The van der Waals surface area contributed by atoms with Gasteiger partial charge in [-0.25, -0.2) is 0 Å². The van der Waals surface area contributed by atoms with Gasteiger partial charge in [-0.05, 0) is 0 Å². The molecule has 80 valence electrons. The minimum absolute atomic E-state index is 0. The van der Waals surface area contributed by atoms with Crippen molar-refractivity contribution in [1.82, 2.24) is 0 Å². The van der Waals surface area contributed by atoms with Gasteiger partial charge in [0.15, 0.2) is 5.75 Å². The summed E-state index contributed by atoms with van der Waals surface area (Å²) >= 11 is 0. The Morgan fingerprint density at radius 3 is 1.86 bits per heavy atom. The van der Waals surface area contributed by atoms with E-state index in [4.69, 9.17) is 9.66 Å². The van der Waals surface area contributed by atoms with E-state index in [1.54, 1.807) is 0 Å². The van der Waals surface area contributed by atoms with Gasteiger partial charge >= 0.3 is 35.5 Å². The number of aliphatic carboxylic acids is 1. The summed E-state index contributed by atoms with van der Waals surface area (Å²) in [5, 5.41) is 7.71. The molecule has 0 aliphatic rings. The van der Waals surface area contributed by atoms with Gasteiger partial charge < -0.3 is 12.0 Å². The van der Waals surface area contributed by atoms with E-state index in [2.05, 4.69) is 13.8 Å². The molecule has 0 saturated carbocycles. The molecule has 0 atom stereocenters. The van der Waals surface area contributed by atoms with Gasteiger partial charge in [0.05, 0.1) is 0 Å². The molecule has 0 amide bonds. The molecule has 0 unspecified atom stereocenters. The molecule has 0 aromatic carbocycles. The molecule has 5 nitrogen and oxygen atoms in total. The summed E-state index contributed by atoms with van der Waals surface area (Å²) in [6.07, 6.45) is 3.65. The third-order valence-corrected chi connectivity index (χ3v) is 1.52. The second-order valence-electron chi connectivity index (χ2n) is 2.33. The van der Waals surface area contributed by atoms with Gasteiger partial charge in [-0.1, -0.05) is 19.8 Å². The number of unbranched alkanes of at least 4 members (excludes halogenated alkanes) is 2. The molecule has 0 aromatic rings. The van der Waals surface area contributed by atoms with Crippen LogP contribution in [0.4, 0.5) is 0 Å². The third-order valence-electron chi connectivity index (χ3n) is 0.909. The Morgan fingerprint density at radius 2 is 1.86 bits per heavy atom. The summed E-state index contributed by atoms with van der Waals surface area (Å²) in [4.78, 5) is 9.48. The van der Waals surface area contributed by atoms with Gasteiger partial charge in [0.25, 0.3) is 10.1 Å². The van der Waals surface area contributed by atoms with Crippen LogP contribution >= 0.6 is 0 Å². The Morgan fingerprint density at radius 1 is 1.43 bits per heavy atom. The predicted octanol–water partition coefficient (Wildman–Crippen LogP) is -2.03. The average molecular weight is 234 g/mol. The van der Waals surface area contributed by atoms with Crippen LogP contribution in [0.2, 0.25) is 0 Å². The quantitative estimate of drug-likeness (QED) is 0.332. The van der Waals surface area contributed by atoms with Crippen molar-refractivity contribution in [3.8, 4) is 0 Å². The van der Waals surface area contributed by atoms with Crippen LogP contribution in [0.5, 0.6) is 0 Å². The van der Waals surface area contributed by atoms with Crippen LogP contribution < -0.4 is 29.6 Å². The molecule has 0 aliphatic heterocycles. The van der Waals surface area contributed by atoms with Crippen LogP contribution in [0.1, 0.15) is 26.2 Å². The summed E-state index contributed by atoms with van der Waals surface area (Å²) in [6, 6.07) is 0. The standard InChI is InChI=1S/C5H11.C2H4O5S.Na/c1-3-5-4-2;3-2(4)1-8(5,6)7;/h1,3-5H2,2H3;1H2,(H,3,4)(H,5,6,7);/q-1;;+1. The van der Waals surface area contributed by atoms with E-state index in [9.17, 15) is 13.2 Å². The first kappa shape index (κ1) is 19.9. The van der Waals surface area contributed by atoms with Gasteiger partial charge in [0.2, 0.25) is 0 Å². The zero-order chi connectivity index (χ0) is 10.9. The maximum absolute atomic E-state index is 9.62. The zero-order valence-electron chi connectivity index (χ0n) is 8.56. The summed E-state index contributed by atoms with van der Waals surface area (Å²) < 4.78 is 27.0. The third kappa shape index (κ3) is 29.4. The molecule has 0 rings (SSSR count). The predicted molar refractivity (Wildman–Crippen MR) is 48.9 cm³/mol. The number of hydrogen-bond acceptors (Lipinski definition) is 3. The topological polar surface area (TPSA) is 91.7 Å². The molecule has 0 bridgehead atoms. The number of carboxylic acid groups (broad SMARTS) is 1. The first-order chi connectivity index (χ1) is 5.83. The fraction of sp³-hybridized carbons (Fsp3) is 0.714. The Labute approximate surface area is 107 Å². The van der Waals surface area contributed by atoms with E-state index in [1.807, 2.05) is 0 Å². The SMILES string of the molecule is O=C(O)CS(=O)(=O)O.[CH2-]CCCC.[Na+]. The van der Waals surface area contributed by atoms with Gasteiger partial charge in [0.1, 0.15) is 0 Å². The average Bonchev–Trinajstić information content (AvgIpc) is 1.84. The maximum atomic E-state index is 9.62. The van der Waals surface area contributed by atoms with E-state index in [1.165, 1.54) is 12.8 Å². The molecule has 2 N–H and O–H groups in total. The van der Waals surface area contributed by atoms with Gasteiger partial charge in [-0.3, -0.25) is 9.35 Å². The van der Waals surface area contributed by atoms with Crippen LogP contribution in [0.25, 0.3) is 0 Å². The molecule has 0 spiro atoms. The summed E-state index contributed by atoms with van der Waals surface area (Å²) in [7, 11) is -4.32. The Hall–Kier alpha value is 0.380. The largest absolute Gasteiger partial charge is 1.00 e. The first-order valence-corrected chi connectivity index (χ1v) is 5.40. The van der Waals surface area contributed by atoms with Crippen LogP contribution in [-0.4, -0.2) is 29.8 Å². The molecule has 0 fully saturated rings. The fourth-order valence-corrected chi connectivity index (χ4v) is 0.718. The second-order valence-corrected chi connectivity index (χ2v) is 3.78. The van der Waals surface area contributed by atoms with E-state index < -0.39 is 21.8 Å². The van der Waals surface area contributed by atoms with Crippen molar-refractivity contribution >= 4 is 16.1 Å². The van der Waals surface area contributed by atoms with Crippen molar-refractivity contribution in [2.45, 2.75) is 26.2 Å². The van der Waals surface area contributed by atoms with E-state index in [-0.39, 0.29) is 29.6 Å². The number of carboxylic acids is 1. The molecular weight excluding hydrogens is 219 g/mol. The van der Waals surface area contributed by atoms with Gasteiger partial charge in [-0.15, -0.1) is 0 Å². The monoisotopic (exact) mass is 234 g/mol. The minimum Gasteiger partial charge on any atom is -0.480 e. The van der Waals surface area contributed by atoms with Crippen LogP contribution in [0.3, 0.4) is 0 Å². The summed E-state index contributed by atoms with van der Waals surface area (Å²) in [5.41, 5.74) is 0. The zero-order valence-corrected chi connectivity index (χ0v) is 11.4. The normalized spacial score (nSPS) is 9.36. The second kappa shape index (κ2) is 11.5. The fourth-order valence-electron chi connectivity index (χ4n) is 0.406. The van der Waals surface area contributed by atoms with Crippen molar-refractivity contribution in [2.24, 2.45) is 0 Å². The first-order valence-electron chi connectivity index (χ1n) is 3.79. The van der Waals surface area contributed by atoms with Crippen LogP contribution in [-0.2, 0) is 14.9 Å². The molecule has 0 saturated heterocycles. The van der Waals surface area contributed by atoms with E-state index in [0.29, 0.717) is 0 Å². The van der Waals surface area contributed by atoms with Crippen molar-refractivity contribution in [2.75, 3.05) is 5.75 Å². The smallest absolute Gasteiger partial charge is 0.480 e. The van der Waals surface area contributed by atoms with E-state index >= 15 is 0 Å². The Bertz CT molecular complexity index is 222. The molecule has 0 aromatic heterocycles. The summed E-state index contributed by atoms with van der Waals surface area (Å²) in [6.45, 7) is 5.85. The van der Waals surface area contributed by atoms with Gasteiger partial charge in [0, 0.05) is 0 Å². The Kier molecular flexibility index (Phi) is 16.3. The number of hydrogen-bond donors (Lipinski definition) is 2. The van der Waals surface area contributed by atoms with Crippen molar-refractivity contribution in [1.29, 1.82) is 0 Å². The Balaban J connectivity index is -0.000000177. The van der Waals surface area contributed by atoms with Crippen LogP contribution in [0, 0.1) is 6.92 Å². The minimum atomic E-state index is -4.32. The van der Waals surface area contributed by atoms with Crippen LogP contribution in [0.15, 0.2) is 0 Å². The molecule has 7 heteroatoms. The maximum Gasteiger partial charge on any atom is 1.00 e. The molecule has 0 radical (unpaired) electrons. The molecule has 14 heavy (non-hydrogen) atoms. The summed E-state index contributed by atoms with van der Waals surface area (Å²) in [5.74, 6) is -2.79. The molecular formula is C7H15NaO5S. The van der Waals surface area contributed by atoms with Crippen molar-refractivity contribution in [3.63, 3.8) is 0 Å². The molecule has 0 heterocycles. The number of carbonyl (C=O) groups is 1. The van der Waals surface area contributed by atoms with Crippen molar-refractivity contribution in [3.05, 3.63) is 6.92 Å². The number of rotatable bonds is 4.